The molecule has 6 nitrogen and oxygen atoms in total. The van der Waals surface area contributed by atoms with E-state index in [9.17, 15) is 4.79 Å². The molecular formula is C21H20ClN5O. The Bertz CT molecular complexity index is 1040. The molecule has 2 aromatic carbocycles. The summed E-state index contributed by atoms with van der Waals surface area (Å²) in [6, 6.07) is 17.8. The van der Waals surface area contributed by atoms with Gasteiger partial charge in [0.2, 0.25) is 5.91 Å². The molecule has 7 heteroatoms. The molecule has 0 spiro atoms. The maximum absolute atomic E-state index is 12.2. The van der Waals surface area contributed by atoms with Crippen LogP contribution in [0.2, 0.25) is 5.02 Å². The topological polar surface area (TPSA) is 78.1 Å². The molecule has 2 saturated heterocycles. The van der Waals surface area contributed by atoms with Gasteiger partial charge in [0.1, 0.15) is 5.82 Å². The molecule has 4 N–H and O–H groups in total. The minimum absolute atomic E-state index is 0.00406. The number of hydrogen-bond acceptors (Lipinski definition) is 5. The molecule has 142 valence electrons. The number of anilines is 2. The lowest BCUT2D eigenvalue weighted by Gasteiger charge is -2.26. The molecule has 1 aromatic heterocycles. The first kappa shape index (κ1) is 17.4. The number of aromatic nitrogens is 1. The van der Waals surface area contributed by atoms with Crippen LogP contribution in [0.25, 0.3) is 10.9 Å². The minimum Gasteiger partial charge on any atom is -0.343 e. The predicted molar refractivity (Wildman–Crippen MR) is 110 cm³/mol. The summed E-state index contributed by atoms with van der Waals surface area (Å²) in [6.07, 6.45) is 0.753. The van der Waals surface area contributed by atoms with E-state index in [1.807, 2.05) is 36.4 Å². The molecule has 2 fully saturated rings. The highest BCUT2D eigenvalue weighted by Crippen LogP contribution is 2.35. The van der Waals surface area contributed by atoms with Gasteiger partial charge in [0.15, 0.2) is 0 Å². The van der Waals surface area contributed by atoms with Crippen LogP contribution in [0, 0.1) is 5.92 Å². The monoisotopic (exact) mass is 393 g/mol. The van der Waals surface area contributed by atoms with Crippen LogP contribution in [-0.4, -0.2) is 23.7 Å². The third-order valence-corrected chi connectivity index (χ3v) is 5.69. The van der Waals surface area contributed by atoms with Crippen molar-refractivity contribution < 1.29 is 4.79 Å². The highest BCUT2D eigenvalue weighted by atomic mass is 35.5. The molecule has 0 radical (unpaired) electrons. The molecule has 28 heavy (non-hydrogen) atoms. The third-order valence-electron chi connectivity index (χ3n) is 5.44. The Kier molecular flexibility index (Phi) is 4.39. The zero-order valence-electron chi connectivity index (χ0n) is 15.1. The maximum Gasteiger partial charge on any atom is 0.227 e. The summed E-state index contributed by atoms with van der Waals surface area (Å²) in [7, 11) is 0. The fourth-order valence-corrected chi connectivity index (χ4v) is 4.17. The van der Waals surface area contributed by atoms with E-state index in [-0.39, 0.29) is 24.0 Å². The average Bonchev–Trinajstić information content (AvgIpc) is 3.15. The molecule has 0 bridgehead atoms. The van der Waals surface area contributed by atoms with Crippen LogP contribution >= 0.6 is 11.6 Å². The predicted octanol–water partition coefficient (Wildman–Crippen LogP) is 3.29. The van der Waals surface area contributed by atoms with Crippen molar-refractivity contribution in [3.63, 3.8) is 0 Å². The number of halogens is 1. The van der Waals surface area contributed by atoms with E-state index >= 15 is 0 Å². The molecule has 1 amide bonds. The summed E-state index contributed by atoms with van der Waals surface area (Å²) in [5.41, 5.74) is 2.99. The van der Waals surface area contributed by atoms with Gasteiger partial charge in [-0.15, -0.1) is 0 Å². The summed E-state index contributed by atoms with van der Waals surface area (Å²) in [5, 5.41) is 14.9. The van der Waals surface area contributed by atoms with E-state index in [2.05, 4.69) is 39.5 Å². The number of pyridine rings is 1. The summed E-state index contributed by atoms with van der Waals surface area (Å²) in [4.78, 5) is 17.0. The molecular weight excluding hydrogens is 374 g/mol. The van der Waals surface area contributed by atoms with Crippen LogP contribution in [0.15, 0.2) is 54.6 Å². The Morgan fingerprint density at radius 1 is 1.07 bits per heavy atom. The fraction of sp³-hybridized carbons (Fsp3) is 0.238. The minimum atomic E-state index is -0.0654. The third kappa shape index (κ3) is 3.20. The molecule has 0 saturated carbocycles. The van der Waals surface area contributed by atoms with Crippen molar-refractivity contribution >= 4 is 39.9 Å². The standard InChI is InChI=1S/C21H20ClN5O/c22-13-5-7-14(8-6-13)25-18-9-4-12-2-1-3-15(19(12)27-18)17-10-16-20(26-17)23-11-24-21(16)28/h1-9,16-17,20,23,26H,10-11H2,(H,24,28)(H,25,27). The maximum atomic E-state index is 12.2. The lowest BCUT2D eigenvalue weighted by atomic mass is 9.96. The fourth-order valence-electron chi connectivity index (χ4n) is 4.05. The number of hydrogen-bond donors (Lipinski definition) is 4. The van der Waals surface area contributed by atoms with Crippen molar-refractivity contribution in [1.29, 1.82) is 0 Å². The second-order valence-electron chi connectivity index (χ2n) is 7.21. The average molecular weight is 394 g/mol. The van der Waals surface area contributed by atoms with Gasteiger partial charge in [-0.2, -0.15) is 0 Å². The van der Waals surface area contributed by atoms with E-state index in [0.717, 1.165) is 34.4 Å². The first-order chi connectivity index (χ1) is 13.7. The summed E-state index contributed by atoms with van der Waals surface area (Å²) < 4.78 is 0. The van der Waals surface area contributed by atoms with Crippen LogP contribution in [0.3, 0.4) is 0 Å². The Morgan fingerprint density at radius 2 is 1.93 bits per heavy atom. The van der Waals surface area contributed by atoms with Gasteiger partial charge in [-0.3, -0.25) is 15.4 Å². The summed E-state index contributed by atoms with van der Waals surface area (Å²) >= 11 is 5.96. The molecule has 3 unspecified atom stereocenters. The number of para-hydroxylation sites is 1. The second kappa shape index (κ2) is 7.05. The van der Waals surface area contributed by atoms with Crippen molar-refractivity contribution in [2.75, 3.05) is 12.0 Å². The number of amides is 1. The van der Waals surface area contributed by atoms with Gasteiger partial charge in [-0.1, -0.05) is 29.8 Å². The van der Waals surface area contributed by atoms with Crippen LogP contribution < -0.4 is 21.3 Å². The smallest absolute Gasteiger partial charge is 0.227 e. The van der Waals surface area contributed by atoms with Crippen molar-refractivity contribution in [3.8, 4) is 0 Å². The quantitative estimate of drug-likeness (QED) is 0.549. The number of rotatable bonds is 3. The lowest BCUT2D eigenvalue weighted by Crippen LogP contribution is -2.56. The summed E-state index contributed by atoms with van der Waals surface area (Å²) in [5.74, 6) is 0.815. The molecule has 2 aliphatic heterocycles. The second-order valence-corrected chi connectivity index (χ2v) is 7.64. The molecule has 5 rings (SSSR count). The van der Waals surface area contributed by atoms with Crippen LogP contribution in [0.1, 0.15) is 18.0 Å². The number of fused-ring (bicyclic) bond motifs is 2. The van der Waals surface area contributed by atoms with Crippen LogP contribution in [0.4, 0.5) is 11.5 Å². The van der Waals surface area contributed by atoms with Crippen molar-refractivity contribution in [2.45, 2.75) is 18.6 Å². The Labute approximate surface area is 167 Å². The normalized spacial score (nSPS) is 24.0. The molecule has 3 aromatic rings. The van der Waals surface area contributed by atoms with Gasteiger partial charge in [0.25, 0.3) is 0 Å². The Balaban J connectivity index is 1.47. The largest absolute Gasteiger partial charge is 0.343 e. The van der Waals surface area contributed by atoms with Gasteiger partial charge in [0.05, 0.1) is 24.3 Å². The van der Waals surface area contributed by atoms with Crippen LogP contribution in [0.5, 0.6) is 0 Å². The van der Waals surface area contributed by atoms with Gasteiger partial charge in [-0.05, 0) is 48.4 Å². The van der Waals surface area contributed by atoms with E-state index in [4.69, 9.17) is 16.6 Å². The Morgan fingerprint density at radius 3 is 2.75 bits per heavy atom. The molecule has 0 aliphatic carbocycles. The number of carbonyl (C=O) groups is 1. The lowest BCUT2D eigenvalue weighted by molar-refractivity contribution is -0.127. The SMILES string of the molecule is O=C1NCNC2NC(c3cccc4ccc(Nc5ccc(Cl)cc5)nc34)CC12. The molecule has 2 aliphatic rings. The first-order valence-electron chi connectivity index (χ1n) is 9.37. The number of carbonyl (C=O) groups excluding carboxylic acids is 1. The van der Waals surface area contributed by atoms with Crippen molar-refractivity contribution in [1.82, 2.24) is 20.9 Å². The van der Waals surface area contributed by atoms with Gasteiger partial charge in [0, 0.05) is 22.1 Å². The van der Waals surface area contributed by atoms with E-state index in [1.54, 1.807) is 0 Å². The molecule has 3 heterocycles. The Hall–Kier alpha value is -2.67. The molecule has 3 atom stereocenters. The highest BCUT2D eigenvalue weighted by molar-refractivity contribution is 6.30. The van der Waals surface area contributed by atoms with Gasteiger partial charge < -0.3 is 10.6 Å². The summed E-state index contributed by atoms with van der Waals surface area (Å²) in [6.45, 7) is 0.503. The highest BCUT2D eigenvalue weighted by Gasteiger charge is 2.41. The van der Waals surface area contributed by atoms with E-state index in [1.165, 1.54) is 0 Å². The number of benzene rings is 2. The number of nitrogens with one attached hydrogen (secondary N) is 4. The van der Waals surface area contributed by atoms with Crippen molar-refractivity contribution in [3.05, 3.63) is 65.2 Å². The first-order valence-corrected chi connectivity index (χ1v) is 9.74. The van der Waals surface area contributed by atoms with Crippen LogP contribution in [-0.2, 0) is 4.79 Å². The zero-order valence-corrected chi connectivity index (χ0v) is 15.8. The van der Waals surface area contributed by atoms with Gasteiger partial charge >= 0.3 is 0 Å². The van der Waals surface area contributed by atoms with E-state index < -0.39 is 0 Å². The van der Waals surface area contributed by atoms with Crippen molar-refractivity contribution in [2.24, 2.45) is 5.92 Å². The zero-order chi connectivity index (χ0) is 19.1. The van der Waals surface area contributed by atoms with E-state index in [0.29, 0.717) is 11.7 Å². The number of nitrogens with zero attached hydrogens (tertiary/aromatic N) is 1. The van der Waals surface area contributed by atoms with Gasteiger partial charge in [-0.25, -0.2) is 4.98 Å².